The number of amides is 1. The number of hydrogen-bond acceptors (Lipinski definition) is 3. The van der Waals surface area contributed by atoms with Gasteiger partial charge in [-0.25, -0.2) is 13.6 Å². The van der Waals surface area contributed by atoms with E-state index in [1.165, 1.54) is 0 Å². The molecule has 1 heterocycles. The van der Waals surface area contributed by atoms with Gasteiger partial charge in [0, 0.05) is 16.8 Å². The van der Waals surface area contributed by atoms with E-state index in [1.54, 1.807) is 30.3 Å². The highest BCUT2D eigenvalue weighted by molar-refractivity contribution is 7.88. The number of rotatable bonds is 4. The molecular formula is C18H19N3O3S. The maximum Gasteiger partial charge on any atom is 0.257 e. The maximum atomic E-state index is 12.7. The highest BCUT2D eigenvalue weighted by Gasteiger charge is 2.14. The summed E-state index contributed by atoms with van der Waals surface area (Å²) in [6.45, 7) is 3.97. The lowest BCUT2D eigenvalue weighted by Gasteiger charge is -2.08. The lowest BCUT2D eigenvalue weighted by molar-refractivity contribution is 0.102. The third-order valence-corrected chi connectivity index (χ3v) is 4.88. The number of hydrogen-bond donors (Lipinski definition) is 3. The number of nitrogens with two attached hydrogens (primary N) is 1. The number of aromatic amines is 1. The third-order valence-electron chi connectivity index (χ3n) is 4.14. The number of carbonyl (C=O) groups is 1. The molecule has 0 atom stereocenters. The number of anilines is 1. The molecular weight excluding hydrogens is 338 g/mol. The van der Waals surface area contributed by atoms with Crippen molar-refractivity contribution in [2.45, 2.75) is 19.6 Å². The van der Waals surface area contributed by atoms with Crippen molar-refractivity contribution in [3.8, 4) is 0 Å². The van der Waals surface area contributed by atoms with Gasteiger partial charge in [0.15, 0.2) is 0 Å². The van der Waals surface area contributed by atoms with Gasteiger partial charge in [-0.05, 0) is 43.2 Å². The molecule has 7 heteroatoms. The van der Waals surface area contributed by atoms with E-state index in [1.807, 2.05) is 26.0 Å². The number of H-pyrrole nitrogens is 1. The second-order valence-corrected chi connectivity index (χ2v) is 7.68. The Labute approximate surface area is 146 Å². The summed E-state index contributed by atoms with van der Waals surface area (Å²) in [6, 6.07) is 12.2. The summed E-state index contributed by atoms with van der Waals surface area (Å²) in [6.07, 6.45) is 0. The number of carbonyl (C=O) groups excluding carboxylic acids is 1. The molecule has 0 aliphatic rings. The first-order chi connectivity index (χ1) is 11.7. The SMILES string of the molecule is Cc1[nH]c2c(C(=O)Nc3cccc(CS(N)(=O)=O)c3)cccc2c1C. The average Bonchev–Trinajstić information content (AvgIpc) is 2.81. The fourth-order valence-electron chi connectivity index (χ4n) is 2.84. The smallest absolute Gasteiger partial charge is 0.257 e. The van der Waals surface area contributed by atoms with Crippen LogP contribution in [0.15, 0.2) is 42.5 Å². The molecule has 0 aliphatic carbocycles. The molecule has 4 N–H and O–H groups in total. The summed E-state index contributed by atoms with van der Waals surface area (Å²) in [4.78, 5) is 15.9. The minimum atomic E-state index is -3.62. The zero-order valence-electron chi connectivity index (χ0n) is 14.0. The van der Waals surface area contributed by atoms with Gasteiger partial charge in [-0.1, -0.05) is 24.3 Å². The van der Waals surface area contributed by atoms with Crippen molar-refractivity contribution in [2.24, 2.45) is 5.14 Å². The Balaban J connectivity index is 1.91. The Kier molecular flexibility index (Phi) is 4.36. The standard InChI is InChI=1S/C18H19N3O3S/c1-11-12(2)20-17-15(11)7-4-8-16(17)18(22)21-14-6-3-5-13(9-14)10-25(19,23)24/h3-9,20H,10H2,1-2H3,(H,21,22)(H2,19,23,24). The maximum absolute atomic E-state index is 12.7. The fraction of sp³-hybridized carbons (Fsp3) is 0.167. The second-order valence-electron chi connectivity index (χ2n) is 6.06. The summed E-state index contributed by atoms with van der Waals surface area (Å²) in [5.74, 6) is -0.541. The normalized spacial score (nSPS) is 11.6. The number of aryl methyl sites for hydroxylation is 2. The van der Waals surface area contributed by atoms with Gasteiger partial charge in [0.1, 0.15) is 0 Å². The largest absolute Gasteiger partial charge is 0.358 e. The zero-order valence-corrected chi connectivity index (χ0v) is 14.8. The van der Waals surface area contributed by atoms with E-state index in [-0.39, 0.29) is 11.7 Å². The van der Waals surface area contributed by atoms with Crippen LogP contribution in [0.3, 0.4) is 0 Å². The Morgan fingerprint density at radius 1 is 1.16 bits per heavy atom. The van der Waals surface area contributed by atoms with Crippen molar-refractivity contribution in [1.82, 2.24) is 4.98 Å². The Morgan fingerprint density at radius 3 is 2.60 bits per heavy atom. The first-order valence-electron chi connectivity index (χ1n) is 7.73. The van der Waals surface area contributed by atoms with E-state index in [2.05, 4.69) is 10.3 Å². The quantitative estimate of drug-likeness (QED) is 0.668. The van der Waals surface area contributed by atoms with E-state index in [0.717, 1.165) is 22.2 Å². The molecule has 0 unspecified atom stereocenters. The van der Waals surface area contributed by atoms with E-state index in [4.69, 9.17) is 5.14 Å². The van der Waals surface area contributed by atoms with Gasteiger partial charge >= 0.3 is 0 Å². The van der Waals surface area contributed by atoms with E-state index in [9.17, 15) is 13.2 Å². The highest BCUT2D eigenvalue weighted by atomic mass is 32.2. The van der Waals surface area contributed by atoms with Crippen LogP contribution in [0.25, 0.3) is 10.9 Å². The molecule has 6 nitrogen and oxygen atoms in total. The van der Waals surface area contributed by atoms with Crippen LogP contribution in [0.5, 0.6) is 0 Å². The molecule has 0 radical (unpaired) electrons. The predicted octanol–water partition coefficient (Wildman–Crippen LogP) is 2.83. The average molecular weight is 357 g/mol. The molecule has 0 saturated heterocycles. The number of para-hydroxylation sites is 1. The van der Waals surface area contributed by atoms with Crippen LogP contribution >= 0.6 is 0 Å². The van der Waals surface area contributed by atoms with Crippen molar-refractivity contribution in [3.63, 3.8) is 0 Å². The zero-order chi connectivity index (χ0) is 18.2. The van der Waals surface area contributed by atoms with E-state index in [0.29, 0.717) is 16.8 Å². The van der Waals surface area contributed by atoms with Gasteiger partial charge < -0.3 is 10.3 Å². The van der Waals surface area contributed by atoms with Crippen LogP contribution in [0.4, 0.5) is 5.69 Å². The minimum absolute atomic E-state index is 0.264. The van der Waals surface area contributed by atoms with Gasteiger partial charge in [-0.3, -0.25) is 4.79 Å². The van der Waals surface area contributed by atoms with Crippen molar-refractivity contribution >= 4 is 32.5 Å². The molecule has 0 saturated carbocycles. The number of benzene rings is 2. The van der Waals surface area contributed by atoms with Crippen LogP contribution in [-0.4, -0.2) is 19.3 Å². The lowest BCUT2D eigenvalue weighted by Crippen LogP contribution is -2.15. The number of fused-ring (bicyclic) bond motifs is 1. The summed E-state index contributed by atoms with van der Waals surface area (Å²) in [5, 5.41) is 8.89. The molecule has 1 amide bonds. The Morgan fingerprint density at radius 2 is 1.88 bits per heavy atom. The number of nitrogens with one attached hydrogen (secondary N) is 2. The van der Waals surface area contributed by atoms with Crippen molar-refractivity contribution in [1.29, 1.82) is 0 Å². The first kappa shape index (κ1) is 17.2. The van der Waals surface area contributed by atoms with Crippen LogP contribution in [-0.2, 0) is 15.8 Å². The fourth-order valence-corrected chi connectivity index (χ4v) is 3.49. The molecule has 0 fully saturated rings. The van der Waals surface area contributed by atoms with Crippen molar-refractivity contribution in [2.75, 3.05) is 5.32 Å². The van der Waals surface area contributed by atoms with Gasteiger partial charge in [0.25, 0.3) is 5.91 Å². The van der Waals surface area contributed by atoms with Gasteiger partial charge in [0.05, 0.1) is 16.8 Å². The summed E-state index contributed by atoms with van der Waals surface area (Å²) in [7, 11) is -3.62. The predicted molar refractivity (Wildman–Crippen MR) is 99.0 cm³/mol. The molecule has 3 aromatic rings. The second kappa shape index (κ2) is 6.34. The van der Waals surface area contributed by atoms with E-state index < -0.39 is 10.0 Å². The third kappa shape index (κ3) is 3.72. The monoisotopic (exact) mass is 357 g/mol. The van der Waals surface area contributed by atoms with Gasteiger partial charge in [-0.15, -0.1) is 0 Å². The van der Waals surface area contributed by atoms with E-state index >= 15 is 0 Å². The van der Waals surface area contributed by atoms with Crippen LogP contribution in [0, 0.1) is 13.8 Å². The molecule has 1 aromatic heterocycles. The molecule has 2 aromatic carbocycles. The summed E-state index contributed by atoms with van der Waals surface area (Å²) < 4.78 is 22.4. The molecule has 0 aliphatic heterocycles. The van der Waals surface area contributed by atoms with Crippen molar-refractivity contribution < 1.29 is 13.2 Å². The minimum Gasteiger partial charge on any atom is -0.358 e. The van der Waals surface area contributed by atoms with Crippen molar-refractivity contribution in [3.05, 3.63) is 64.8 Å². The van der Waals surface area contributed by atoms with Crippen LogP contribution in [0.2, 0.25) is 0 Å². The Bertz CT molecular complexity index is 1070. The number of sulfonamides is 1. The highest BCUT2D eigenvalue weighted by Crippen LogP contribution is 2.25. The molecule has 25 heavy (non-hydrogen) atoms. The van der Waals surface area contributed by atoms with Gasteiger partial charge in [0.2, 0.25) is 10.0 Å². The molecule has 0 bridgehead atoms. The number of primary sulfonamides is 1. The summed E-state index contributed by atoms with van der Waals surface area (Å²) in [5.41, 5.74) is 4.49. The van der Waals surface area contributed by atoms with Crippen LogP contribution < -0.4 is 10.5 Å². The summed E-state index contributed by atoms with van der Waals surface area (Å²) >= 11 is 0. The Hall–Kier alpha value is -2.64. The topological polar surface area (TPSA) is 105 Å². The first-order valence-corrected chi connectivity index (χ1v) is 9.45. The lowest BCUT2D eigenvalue weighted by atomic mass is 10.1. The molecule has 0 spiro atoms. The molecule has 130 valence electrons. The number of aromatic nitrogens is 1. The van der Waals surface area contributed by atoms with Gasteiger partial charge in [-0.2, -0.15) is 0 Å². The van der Waals surface area contributed by atoms with Crippen LogP contribution in [0.1, 0.15) is 27.2 Å². The molecule has 3 rings (SSSR count).